The molecule has 1 nitrogen and oxygen atoms in total. The molecular weight excluding hydrogens is 506 g/mol. The van der Waals surface area contributed by atoms with Crippen LogP contribution in [0, 0.1) is 0 Å². The van der Waals surface area contributed by atoms with Crippen LogP contribution in [0.1, 0.15) is 37.8 Å². The molecular formula is C41H33N. The maximum absolute atomic E-state index is 2.51. The molecule has 0 aliphatic heterocycles. The zero-order valence-electron chi connectivity index (χ0n) is 24.1. The number of anilines is 3. The Morgan fingerprint density at radius 3 is 1.86 bits per heavy atom. The zero-order chi connectivity index (χ0) is 28.3. The molecule has 7 aromatic carbocycles. The third-order valence-corrected chi connectivity index (χ3v) is 9.68. The number of nitrogens with zero attached hydrogens (tertiary/aromatic N) is 1. The minimum absolute atomic E-state index is 0.0302. The lowest BCUT2D eigenvalue weighted by atomic mass is 9.73. The van der Waals surface area contributed by atoms with E-state index in [9.17, 15) is 0 Å². The fourth-order valence-corrected chi connectivity index (χ4v) is 7.47. The van der Waals surface area contributed by atoms with Crippen molar-refractivity contribution >= 4 is 49.4 Å². The zero-order valence-corrected chi connectivity index (χ0v) is 24.1. The van der Waals surface area contributed by atoms with Gasteiger partial charge in [0.05, 0.1) is 0 Å². The van der Waals surface area contributed by atoms with E-state index in [1.54, 1.807) is 0 Å². The summed E-state index contributed by atoms with van der Waals surface area (Å²) in [6.07, 6.45) is 2.12. The molecule has 0 saturated heterocycles. The molecule has 202 valence electrons. The maximum atomic E-state index is 2.51. The van der Waals surface area contributed by atoms with Crippen LogP contribution in [0.4, 0.5) is 17.1 Å². The summed E-state index contributed by atoms with van der Waals surface area (Å²) < 4.78 is 0. The van der Waals surface area contributed by atoms with Gasteiger partial charge in [-0.05, 0) is 116 Å². The molecule has 0 saturated carbocycles. The van der Waals surface area contributed by atoms with Gasteiger partial charge in [-0.2, -0.15) is 0 Å². The van der Waals surface area contributed by atoms with E-state index in [2.05, 4.69) is 158 Å². The van der Waals surface area contributed by atoms with Gasteiger partial charge >= 0.3 is 0 Å². The Kier molecular flexibility index (Phi) is 5.69. The van der Waals surface area contributed by atoms with E-state index < -0.39 is 0 Å². The molecule has 0 N–H and O–H groups in total. The van der Waals surface area contributed by atoms with Crippen LogP contribution in [0.5, 0.6) is 0 Å². The lowest BCUT2D eigenvalue weighted by Gasteiger charge is -2.32. The quantitative estimate of drug-likeness (QED) is 0.197. The summed E-state index contributed by atoms with van der Waals surface area (Å²) in [5, 5.41) is 7.81. The van der Waals surface area contributed by atoms with Crippen LogP contribution in [0.3, 0.4) is 0 Å². The Hall–Kier alpha value is -4.88. The summed E-state index contributed by atoms with van der Waals surface area (Å²) >= 11 is 0. The number of rotatable bonds is 5. The Balaban J connectivity index is 1.35. The van der Waals surface area contributed by atoms with Gasteiger partial charge in [-0.25, -0.2) is 0 Å². The molecule has 8 rings (SSSR count). The first-order valence-corrected chi connectivity index (χ1v) is 15.1. The fourth-order valence-electron chi connectivity index (χ4n) is 7.47. The monoisotopic (exact) mass is 539 g/mol. The minimum atomic E-state index is -0.0302. The van der Waals surface area contributed by atoms with Crippen molar-refractivity contribution in [2.24, 2.45) is 0 Å². The van der Waals surface area contributed by atoms with Crippen molar-refractivity contribution in [1.29, 1.82) is 0 Å². The normalized spacial score (nSPS) is 13.4. The van der Waals surface area contributed by atoms with Gasteiger partial charge in [0.15, 0.2) is 0 Å². The molecule has 1 heteroatoms. The summed E-state index contributed by atoms with van der Waals surface area (Å²) in [6.45, 7) is 4.72. The number of benzene rings is 7. The Morgan fingerprint density at radius 2 is 1.05 bits per heavy atom. The highest BCUT2D eigenvalue weighted by molar-refractivity contribution is 6.10. The Morgan fingerprint density at radius 1 is 0.429 bits per heavy atom. The second kappa shape index (κ2) is 9.60. The largest absolute Gasteiger partial charge is 0.310 e. The summed E-state index contributed by atoms with van der Waals surface area (Å²) in [7, 11) is 0. The summed E-state index contributed by atoms with van der Waals surface area (Å²) in [5.74, 6) is 0. The average Bonchev–Trinajstić information content (AvgIpc) is 3.32. The van der Waals surface area contributed by atoms with Crippen LogP contribution in [-0.2, 0) is 5.41 Å². The van der Waals surface area contributed by atoms with Crippen LogP contribution >= 0.6 is 0 Å². The number of hydrogen-bond acceptors (Lipinski definition) is 1. The SMILES string of the molecule is CCC1(CC)c2cc(N(c3ccccc3)c3ccc4ccccc4c3)ccc2-c2cc3ccc4ccccc4c3cc21. The first kappa shape index (κ1) is 24.9. The highest BCUT2D eigenvalue weighted by Crippen LogP contribution is 2.55. The molecule has 7 aromatic rings. The third-order valence-electron chi connectivity index (χ3n) is 9.68. The van der Waals surface area contributed by atoms with Crippen LogP contribution < -0.4 is 4.90 Å². The molecule has 0 fully saturated rings. The molecule has 0 heterocycles. The van der Waals surface area contributed by atoms with Gasteiger partial charge in [-0.3, -0.25) is 0 Å². The number of para-hydroxylation sites is 1. The number of hydrogen-bond donors (Lipinski definition) is 0. The standard InChI is InChI=1S/C41H33N/c1-3-41(4-2)39-26-34(42(32-15-6-5-7-16-32)33-21-20-28-12-8-9-14-30(28)24-33)22-23-36(39)38-25-31-19-18-29-13-10-11-17-35(29)37(31)27-40(38)41/h5-27H,3-4H2,1-2H3. The van der Waals surface area contributed by atoms with Crippen molar-refractivity contribution in [1.82, 2.24) is 0 Å². The van der Waals surface area contributed by atoms with E-state index in [0.29, 0.717) is 0 Å². The molecule has 42 heavy (non-hydrogen) atoms. The van der Waals surface area contributed by atoms with Crippen LogP contribution in [0.15, 0.2) is 140 Å². The van der Waals surface area contributed by atoms with Gasteiger partial charge in [-0.1, -0.05) is 105 Å². The van der Waals surface area contributed by atoms with E-state index in [-0.39, 0.29) is 5.41 Å². The first-order valence-electron chi connectivity index (χ1n) is 15.1. The highest BCUT2D eigenvalue weighted by atomic mass is 15.1. The molecule has 1 aliphatic rings. The van der Waals surface area contributed by atoms with E-state index in [4.69, 9.17) is 0 Å². The van der Waals surface area contributed by atoms with Crippen molar-refractivity contribution < 1.29 is 0 Å². The predicted octanol–water partition coefficient (Wildman–Crippen LogP) is 11.7. The van der Waals surface area contributed by atoms with Gasteiger partial charge in [0.2, 0.25) is 0 Å². The van der Waals surface area contributed by atoms with Crippen molar-refractivity contribution in [2.45, 2.75) is 32.1 Å². The average molecular weight is 540 g/mol. The smallest absolute Gasteiger partial charge is 0.0468 e. The molecule has 0 spiro atoms. The van der Waals surface area contributed by atoms with E-state index in [1.165, 1.54) is 71.6 Å². The molecule has 0 aromatic heterocycles. The van der Waals surface area contributed by atoms with Crippen LogP contribution in [-0.4, -0.2) is 0 Å². The molecule has 0 atom stereocenters. The van der Waals surface area contributed by atoms with Crippen molar-refractivity contribution in [3.05, 3.63) is 151 Å². The molecule has 0 amide bonds. The Labute approximate surface area is 247 Å². The van der Waals surface area contributed by atoms with Gasteiger partial charge in [0.1, 0.15) is 0 Å². The number of fused-ring (bicyclic) bond motifs is 7. The van der Waals surface area contributed by atoms with Crippen molar-refractivity contribution in [2.75, 3.05) is 4.90 Å². The Bertz CT molecular complexity index is 2120. The molecule has 1 aliphatic carbocycles. The maximum Gasteiger partial charge on any atom is 0.0468 e. The second-order valence-electron chi connectivity index (χ2n) is 11.6. The van der Waals surface area contributed by atoms with Crippen LogP contribution in [0.25, 0.3) is 43.4 Å². The summed E-state index contributed by atoms with van der Waals surface area (Å²) in [6, 6.07) is 51.7. The summed E-state index contributed by atoms with van der Waals surface area (Å²) in [4.78, 5) is 2.41. The topological polar surface area (TPSA) is 3.24 Å². The molecule has 0 radical (unpaired) electrons. The van der Waals surface area contributed by atoms with E-state index in [1.807, 2.05) is 0 Å². The van der Waals surface area contributed by atoms with Crippen LogP contribution in [0.2, 0.25) is 0 Å². The predicted molar refractivity (Wildman–Crippen MR) is 180 cm³/mol. The summed E-state index contributed by atoms with van der Waals surface area (Å²) in [5.41, 5.74) is 9.19. The molecule has 0 bridgehead atoms. The lowest BCUT2D eigenvalue weighted by Crippen LogP contribution is -2.23. The van der Waals surface area contributed by atoms with E-state index in [0.717, 1.165) is 12.8 Å². The lowest BCUT2D eigenvalue weighted by molar-refractivity contribution is 0.491. The minimum Gasteiger partial charge on any atom is -0.310 e. The van der Waals surface area contributed by atoms with E-state index >= 15 is 0 Å². The van der Waals surface area contributed by atoms with Gasteiger partial charge in [-0.15, -0.1) is 0 Å². The first-order chi connectivity index (χ1) is 20.7. The fraction of sp³-hybridized carbons (Fsp3) is 0.122. The second-order valence-corrected chi connectivity index (χ2v) is 11.6. The van der Waals surface area contributed by atoms with Crippen molar-refractivity contribution in [3.63, 3.8) is 0 Å². The van der Waals surface area contributed by atoms with Gasteiger partial charge in [0, 0.05) is 22.5 Å². The highest BCUT2D eigenvalue weighted by Gasteiger charge is 2.41. The van der Waals surface area contributed by atoms with Crippen molar-refractivity contribution in [3.8, 4) is 11.1 Å². The molecule has 0 unspecified atom stereocenters. The van der Waals surface area contributed by atoms with Gasteiger partial charge in [0.25, 0.3) is 0 Å². The third kappa shape index (κ3) is 3.63. The van der Waals surface area contributed by atoms with Gasteiger partial charge < -0.3 is 4.90 Å².